The molecular weight excluding hydrogens is 935 g/mol. The summed E-state index contributed by atoms with van der Waals surface area (Å²) >= 11 is 1.36. The molecule has 66 heavy (non-hydrogen) atoms. The third kappa shape index (κ3) is 10.7. The quantitative estimate of drug-likeness (QED) is 0.0948. The summed E-state index contributed by atoms with van der Waals surface area (Å²) in [6.07, 6.45) is 20.4. The first-order chi connectivity index (χ1) is 30.3. The maximum atomic E-state index is 3.06. The van der Waals surface area contributed by atoms with Gasteiger partial charge in [-0.05, 0) is 183 Å². The summed E-state index contributed by atoms with van der Waals surface area (Å²) in [5.74, 6) is 11.6. The topological polar surface area (TPSA) is 0 Å². The van der Waals surface area contributed by atoms with Crippen LogP contribution in [0.3, 0.4) is 0 Å². The van der Waals surface area contributed by atoms with Gasteiger partial charge in [0.2, 0.25) is 0 Å². The third-order valence-corrected chi connectivity index (χ3v) is 18.2. The second kappa shape index (κ2) is 23.1. The second-order valence-electron chi connectivity index (χ2n) is 21.8. The summed E-state index contributed by atoms with van der Waals surface area (Å²) < 4.78 is 0. The fraction of sp³-hybridized carbons (Fsp3) is 0.484. The molecule has 0 heterocycles. The fourth-order valence-electron chi connectivity index (χ4n) is 15.1. The van der Waals surface area contributed by atoms with Gasteiger partial charge in [0.15, 0.2) is 0 Å². The van der Waals surface area contributed by atoms with E-state index in [2.05, 4.69) is 144 Å². The number of rotatable bonds is 10. The Balaban J connectivity index is 0.000000199. The van der Waals surface area contributed by atoms with Crippen LogP contribution in [-0.2, 0) is 36.2 Å². The van der Waals surface area contributed by atoms with E-state index in [4.69, 9.17) is 0 Å². The van der Waals surface area contributed by atoms with Crippen LogP contribution in [0.1, 0.15) is 139 Å². The Morgan fingerprint density at radius 3 is 1.11 bits per heavy atom. The zero-order valence-corrected chi connectivity index (χ0v) is 46.1. The standard InChI is InChI=1S/2C30H35.2CH3.2ClH.Si.Zr/c2*1-3-19(2)23-7-9-24(10-8-23)28-6-4-5-25-12-22(18-30(25)28)17-29-26-13-20-11-21(15-26)16-27(29)14-20;;;;;;/h2*4-10,12,18-21,26-27,29H,3,11,13-17H2,1-2H3;2*1H3;2*1H;;/q4*-1;;;;. The van der Waals surface area contributed by atoms with Gasteiger partial charge in [0.05, 0.1) is 0 Å². The summed E-state index contributed by atoms with van der Waals surface area (Å²) in [6.45, 7) is 12.3. The number of hydrogen-bond donors (Lipinski definition) is 0. The molecule has 2 atom stereocenters. The van der Waals surface area contributed by atoms with Gasteiger partial charge in [0, 0.05) is 0 Å². The first kappa shape index (κ1) is 53.1. The summed E-state index contributed by atoms with van der Waals surface area (Å²) in [5, 5.41) is 5.76. The molecule has 8 fully saturated rings. The van der Waals surface area contributed by atoms with Crippen LogP contribution in [0.25, 0.3) is 43.8 Å². The number of fused-ring (bicyclic) bond motifs is 2. The van der Waals surface area contributed by atoms with E-state index in [9.17, 15) is 0 Å². The first-order valence-corrected chi connectivity index (χ1v) is 29.4. The third-order valence-electron chi connectivity index (χ3n) is 18.2. The molecular formula is C62H78Cl2SiZr-4. The number of hydrogen-bond acceptors (Lipinski definition) is 0. The van der Waals surface area contributed by atoms with Crippen LogP contribution in [-0.4, -0.2) is 6.88 Å². The molecule has 0 spiro atoms. The molecule has 8 bridgehead atoms. The molecule has 4 heteroatoms. The Morgan fingerprint density at radius 1 is 0.485 bits per heavy atom. The van der Waals surface area contributed by atoms with Crippen molar-refractivity contribution in [2.75, 3.05) is 0 Å². The minimum atomic E-state index is 0. The van der Waals surface area contributed by atoms with Crippen LogP contribution in [0.2, 0.25) is 0 Å². The van der Waals surface area contributed by atoms with Crippen molar-refractivity contribution < 1.29 is 23.3 Å². The SMILES string of the molecule is CCC(C)c1ccc(-c2cccc3[cH-]c(CC4C5CC6CC(C5)CC4C6)cc23)cc1.CCC(C)c1ccc(-c2cccc3[cH-]c(CC4C5CC6CC(C5)CC4C6)cc23)cc1.Cl.Cl.[CH3-].[CH3-].[Si]=[Zr]. The molecule has 352 valence electrons. The summed E-state index contributed by atoms with van der Waals surface area (Å²) in [7, 11) is 0. The van der Waals surface area contributed by atoms with Gasteiger partial charge in [0.25, 0.3) is 0 Å². The first-order valence-electron chi connectivity index (χ1n) is 25.2. The number of benzene rings is 4. The van der Waals surface area contributed by atoms with E-state index in [1.807, 2.05) is 0 Å². The van der Waals surface area contributed by atoms with Crippen molar-refractivity contribution in [3.63, 3.8) is 0 Å². The predicted octanol–water partition coefficient (Wildman–Crippen LogP) is 18.1. The van der Waals surface area contributed by atoms with E-state index in [-0.39, 0.29) is 39.7 Å². The maximum absolute atomic E-state index is 3.06. The zero-order valence-electron chi connectivity index (χ0n) is 41.0. The van der Waals surface area contributed by atoms with Gasteiger partial charge in [-0.25, -0.2) is 0 Å². The van der Waals surface area contributed by atoms with E-state index in [1.165, 1.54) is 155 Å². The Hall–Kier alpha value is -2.22. The molecule has 2 unspecified atom stereocenters. The number of halogens is 2. The van der Waals surface area contributed by atoms with E-state index >= 15 is 0 Å². The monoisotopic (exact) mass is 1010 g/mol. The molecule has 8 aliphatic rings. The second-order valence-corrected chi connectivity index (χ2v) is 21.8. The van der Waals surface area contributed by atoms with E-state index in [1.54, 1.807) is 24.0 Å². The van der Waals surface area contributed by atoms with Crippen LogP contribution in [0.4, 0.5) is 0 Å². The van der Waals surface area contributed by atoms with Crippen LogP contribution < -0.4 is 0 Å². The molecule has 2 radical (unpaired) electrons. The molecule has 0 nitrogen and oxygen atoms in total. The fourth-order valence-corrected chi connectivity index (χ4v) is 15.1. The zero-order chi connectivity index (χ0) is 42.5. The van der Waals surface area contributed by atoms with Crippen LogP contribution >= 0.6 is 24.8 Å². The Kier molecular flexibility index (Phi) is 18.6. The van der Waals surface area contributed by atoms with Crippen molar-refractivity contribution in [1.29, 1.82) is 0 Å². The van der Waals surface area contributed by atoms with Crippen molar-refractivity contribution in [3.8, 4) is 22.3 Å². The molecule has 0 aliphatic heterocycles. The molecule has 0 N–H and O–H groups in total. The van der Waals surface area contributed by atoms with E-state index in [0.29, 0.717) is 11.8 Å². The van der Waals surface area contributed by atoms with Gasteiger partial charge in [-0.2, -0.15) is 12.1 Å². The van der Waals surface area contributed by atoms with Gasteiger partial charge in [-0.15, -0.1) is 93.9 Å². The molecule has 14 rings (SSSR count). The Morgan fingerprint density at radius 2 is 0.803 bits per heavy atom. The molecule has 0 aromatic heterocycles. The van der Waals surface area contributed by atoms with Crippen molar-refractivity contribution in [2.24, 2.45) is 59.2 Å². The van der Waals surface area contributed by atoms with Crippen molar-refractivity contribution in [3.05, 3.63) is 146 Å². The Labute approximate surface area is 430 Å². The minimum absolute atomic E-state index is 0. The van der Waals surface area contributed by atoms with E-state index in [0.717, 1.165) is 59.2 Å². The molecule has 0 saturated heterocycles. The Bertz CT molecular complexity index is 2230. The summed E-state index contributed by atoms with van der Waals surface area (Å²) in [4.78, 5) is 0. The normalized spacial score (nSPS) is 28.0. The van der Waals surface area contributed by atoms with Gasteiger partial charge >= 0.3 is 30.2 Å². The average molecular weight is 1010 g/mol. The summed E-state index contributed by atoms with van der Waals surface area (Å²) in [5.41, 5.74) is 11.6. The van der Waals surface area contributed by atoms with Gasteiger partial charge in [-0.3, -0.25) is 0 Å². The summed E-state index contributed by atoms with van der Waals surface area (Å²) in [6, 6.07) is 42.5. The van der Waals surface area contributed by atoms with Gasteiger partial charge in [0.1, 0.15) is 0 Å². The predicted molar refractivity (Wildman–Crippen MR) is 289 cm³/mol. The molecule has 6 aromatic rings. The van der Waals surface area contributed by atoms with Gasteiger partial charge < -0.3 is 14.9 Å². The van der Waals surface area contributed by atoms with Crippen LogP contribution in [0, 0.1) is 74.0 Å². The van der Waals surface area contributed by atoms with E-state index < -0.39 is 0 Å². The van der Waals surface area contributed by atoms with Crippen molar-refractivity contribution in [1.82, 2.24) is 0 Å². The van der Waals surface area contributed by atoms with Gasteiger partial charge in [-0.1, -0.05) is 99.5 Å². The van der Waals surface area contributed by atoms with Crippen molar-refractivity contribution in [2.45, 2.75) is 129 Å². The molecule has 8 saturated carbocycles. The van der Waals surface area contributed by atoms with Crippen LogP contribution in [0.5, 0.6) is 0 Å². The molecule has 0 amide bonds. The average Bonchev–Trinajstić information content (AvgIpc) is 3.92. The van der Waals surface area contributed by atoms with Crippen molar-refractivity contribution >= 4 is 53.2 Å². The van der Waals surface area contributed by atoms with Crippen LogP contribution in [0.15, 0.2) is 109 Å². The molecule has 8 aliphatic carbocycles. The molecule has 6 aromatic carbocycles.